The number of fused-ring (bicyclic) bond motifs is 3. The van der Waals surface area contributed by atoms with Crippen molar-refractivity contribution in [2.45, 2.75) is 37.4 Å². The Morgan fingerprint density at radius 2 is 2.32 bits per heavy atom. The van der Waals surface area contributed by atoms with Gasteiger partial charge in [0.1, 0.15) is 12.0 Å². The number of amides is 1. The number of methoxy groups -OCH3 is 1. The van der Waals surface area contributed by atoms with E-state index in [1.807, 2.05) is 0 Å². The summed E-state index contributed by atoms with van der Waals surface area (Å²) in [6.07, 6.45) is 6.16. The number of nitrogens with one attached hydrogen (secondary N) is 2. The molecule has 25 heavy (non-hydrogen) atoms. The molecular formula is C18H17N3O4. The predicted molar refractivity (Wildman–Crippen MR) is 88.7 cm³/mol. The largest absolute Gasteiger partial charge is 0.461 e. The zero-order valence-corrected chi connectivity index (χ0v) is 13.7. The number of carbonyl (C=O) groups is 2. The number of rotatable bonds is 2. The van der Waals surface area contributed by atoms with Crippen molar-refractivity contribution in [3.05, 3.63) is 29.8 Å². The number of hydrogen-bond donors (Lipinski definition) is 2. The Bertz CT molecular complexity index is 908. The van der Waals surface area contributed by atoms with Crippen LogP contribution in [0.3, 0.4) is 0 Å². The maximum Gasteiger partial charge on any atom is 0.384 e. The molecule has 4 rings (SSSR count). The molecular weight excluding hydrogens is 322 g/mol. The van der Waals surface area contributed by atoms with E-state index in [9.17, 15) is 9.59 Å². The van der Waals surface area contributed by atoms with E-state index in [4.69, 9.17) is 4.42 Å². The Balaban J connectivity index is 1.56. The van der Waals surface area contributed by atoms with Crippen molar-refractivity contribution in [3.8, 4) is 11.8 Å². The molecule has 0 saturated carbocycles. The fraction of sp³-hybridized carbons (Fsp3) is 0.389. The van der Waals surface area contributed by atoms with Crippen molar-refractivity contribution >= 4 is 22.8 Å². The molecule has 128 valence electrons. The van der Waals surface area contributed by atoms with Crippen molar-refractivity contribution in [3.63, 3.8) is 0 Å². The standard InChI is InChI=1S/C18H17N3O4/c1-24-17(22)5-2-10-9-25-16-8-19-15(7-12(10)16)18(23)21-14-6-11-3-4-13(14)20-11/h7-9,11,13-14,20H,3-4,6H2,1H3,(H,21,23)/t11-,13+,14-/m1/s1. The summed E-state index contributed by atoms with van der Waals surface area (Å²) in [7, 11) is 1.27. The minimum atomic E-state index is -0.634. The van der Waals surface area contributed by atoms with Crippen LogP contribution in [-0.2, 0) is 9.53 Å². The number of hydrogen-bond acceptors (Lipinski definition) is 6. The van der Waals surface area contributed by atoms with Gasteiger partial charge in [-0.2, -0.15) is 0 Å². The maximum atomic E-state index is 12.5. The predicted octanol–water partition coefficient (Wildman–Crippen LogP) is 0.975. The van der Waals surface area contributed by atoms with Gasteiger partial charge < -0.3 is 19.8 Å². The summed E-state index contributed by atoms with van der Waals surface area (Å²) in [6.45, 7) is 0. The first kappa shape index (κ1) is 15.7. The summed E-state index contributed by atoms with van der Waals surface area (Å²) >= 11 is 0. The van der Waals surface area contributed by atoms with E-state index in [2.05, 4.69) is 32.2 Å². The van der Waals surface area contributed by atoms with Gasteiger partial charge in [0, 0.05) is 29.4 Å². The minimum absolute atomic E-state index is 0.145. The van der Waals surface area contributed by atoms with Crippen LogP contribution in [0.25, 0.3) is 11.0 Å². The summed E-state index contributed by atoms with van der Waals surface area (Å²) in [5.74, 6) is 4.20. The molecule has 4 heterocycles. The number of pyridine rings is 1. The van der Waals surface area contributed by atoms with Crippen molar-refractivity contribution in [2.24, 2.45) is 0 Å². The number of carbonyl (C=O) groups excluding carboxylic acids is 2. The van der Waals surface area contributed by atoms with Crippen molar-refractivity contribution in [2.75, 3.05) is 7.11 Å². The molecule has 2 saturated heterocycles. The Kier molecular flexibility index (Phi) is 3.90. The van der Waals surface area contributed by atoms with Crippen LogP contribution < -0.4 is 10.6 Å². The lowest BCUT2D eigenvalue weighted by atomic mass is 9.95. The molecule has 7 nitrogen and oxygen atoms in total. The van der Waals surface area contributed by atoms with Crippen molar-refractivity contribution < 1.29 is 18.7 Å². The first-order valence-corrected chi connectivity index (χ1v) is 8.18. The van der Waals surface area contributed by atoms with Crippen LogP contribution in [0, 0.1) is 11.8 Å². The van der Waals surface area contributed by atoms with Gasteiger partial charge in [0.15, 0.2) is 5.58 Å². The highest BCUT2D eigenvalue weighted by Crippen LogP contribution is 2.28. The van der Waals surface area contributed by atoms with Crippen molar-refractivity contribution in [1.82, 2.24) is 15.6 Å². The molecule has 2 aliphatic heterocycles. The monoisotopic (exact) mass is 339 g/mol. The molecule has 2 aromatic heterocycles. The number of furan rings is 1. The van der Waals surface area contributed by atoms with E-state index in [1.165, 1.54) is 26.0 Å². The molecule has 2 aromatic rings. The summed E-state index contributed by atoms with van der Waals surface area (Å²) in [5.41, 5.74) is 1.32. The summed E-state index contributed by atoms with van der Waals surface area (Å²) in [4.78, 5) is 27.9. The molecule has 0 aromatic carbocycles. The zero-order chi connectivity index (χ0) is 17.4. The Hall–Kier alpha value is -2.85. The third-order valence-electron chi connectivity index (χ3n) is 4.80. The lowest BCUT2D eigenvalue weighted by Gasteiger charge is -2.21. The van der Waals surface area contributed by atoms with E-state index < -0.39 is 5.97 Å². The van der Waals surface area contributed by atoms with Crippen LogP contribution in [0.5, 0.6) is 0 Å². The van der Waals surface area contributed by atoms with Crippen molar-refractivity contribution in [1.29, 1.82) is 0 Å². The lowest BCUT2D eigenvalue weighted by molar-refractivity contribution is -0.133. The highest BCUT2D eigenvalue weighted by molar-refractivity contribution is 5.97. The average Bonchev–Trinajstić information content (AvgIpc) is 3.34. The van der Waals surface area contributed by atoms with Crippen LogP contribution >= 0.6 is 0 Å². The van der Waals surface area contributed by atoms with Gasteiger partial charge in [-0.3, -0.25) is 4.79 Å². The highest BCUT2D eigenvalue weighted by atomic mass is 16.5. The Labute approximate surface area is 144 Å². The van der Waals surface area contributed by atoms with Crippen LogP contribution in [0.2, 0.25) is 0 Å². The van der Waals surface area contributed by atoms with E-state index in [-0.39, 0.29) is 11.9 Å². The zero-order valence-electron chi connectivity index (χ0n) is 13.7. The first-order valence-electron chi connectivity index (χ1n) is 8.18. The topological polar surface area (TPSA) is 93.5 Å². The quantitative estimate of drug-likeness (QED) is 0.626. The van der Waals surface area contributed by atoms with Crippen LogP contribution in [0.4, 0.5) is 0 Å². The van der Waals surface area contributed by atoms with Gasteiger partial charge in [-0.05, 0) is 25.3 Å². The van der Waals surface area contributed by atoms with Gasteiger partial charge in [-0.25, -0.2) is 9.78 Å². The summed E-state index contributed by atoms with van der Waals surface area (Å²) in [5, 5.41) is 7.19. The average molecular weight is 339 g/mol. The second kappa shape index (κ2) is 6.22. The molecule has 0 spiro atoms. The number of aromatic nitrogens is 1. The molecule has 2 aliphatic rings. The van der Waals surface area contributed by atoms with E-state index in [0.717, 1.165) is 12.8 Å². The van der Waals surface area contributed by atoms with E-state index >= 15 is 0 Å². The third-order valence-corrected chi connectivity index (χ3v) is 4.80. The fourth-order valence-corrected chi connectivity index (χ4v) is 3.55. The first-order chi connectivity index (χ1) is 12.1. The molecule has 3 atom stereocenters. The molecule has 7 heteroatoms. The van der Waals surface area contributed by atoms with Gasteiger partial charge >= 0.3 is 5.97 Å². The molecule has 0 unspecified atom stereocenters. The smallest absolute Gasteiger partial charge is 0.384 e. The molecule has 2 bridgehead atoms. The van der Waals surface area contributed by atoms with Gasteiger partial charge in [-0.1, -0.05) is 5.92 Å². The number of esters is 1. The maximum absolute atomic E-state index is 12.5. The second-order valence-electron chi connectivity index (χ2n) is 6.32. The minimum Gasteiger partial charge on any atom is -0.461 e. The fourth-order valence-electron chi connectivity index (χ4n) is 3.55. The second-order valence-corrected chi connectivity index (χ2v) is 6.32. The third kappa shape index (κ3) is 2.96. The normalized spacial score (nSPS) is 24.0. The highest BCUT2D eigenvalue weighted by Gasteiger charge is 2.39. The van der Waals surface area contributed by atoms with Gasteiger partial charge in [0.05, 0.1) is 18.9 Å². The van der Waals surface area contributed by atoms with E-state index in [1.54, 1.807) is 6.07 Å². The van der Waals surface area contributed by atoms with Crippen LogP contribution in [-0.4, -0.2) is 42.1 Å². The number of nitrogens with zero attached hydrogens (tertiary/aromatic N) is 1. The molecule has 0 aliphatic carbocycles. The summed E-state index contributed by atoms with van der Waals surface area (Å²) < 4.78 is 9.86. The number of ether oxygens (including phenoxy) is 1. The van der Waals surface area contributed by atoms with Crippen LogP contribution in [0.1, 0.15) is 35.3 Å². The molecule has 2 N–H and O–H groups in total. The van der Waals surface area contributed by atoms with Gasteiger partial charge in [0.25, 0.3) is 5.91 Å². The van der Waals surface area contributed by atoms with Gasteiger partial charge in [-0.15, -0.1) is 0 Å². The SMILES string of the molecule is COC(=O)C#Cc1coc2cnc(C(=O)N[C@@H]3C[C@H]4CC[C@@H]3N4)cc12. The molecule has 2 fully saturated rings. The Morgan fingerprint density at radius 3 is 3.04 bits per heavy atom. The van der Waals surface area contributed by atoms with E-state index in [0.29, 0.717) is 34.3 Å². The van der Waals surface area contributed by atoms with Gasteiger partial charge in [0.2, 0.25) is 0 Å². The molecule has 0 radical (unpaired) electrons. The summed E-state index contributed by atoms with van der Waals surface area (Å²) in [6, 6.07) is 2.65. The lowest BCUT2D eigenvalue weighted by Crippen LogP contribution is -2.43. The molecule has 1 amide bonds. The Morgan fingerprint density at radius 1 is 1.44 bits per heavy atom. The van der Waals surface area contributed by atoms with Crippen LogP contribution in [0.15, 0.2) is 22.9 Å².